The second kappa shape index (κ2) is 5.65. The van der Waals surface area contributed by atoms with Crippen LogP contribution >= 0.6 is 0 Å². The molecule has 0 fully saturated rings. The minimum Gasteiger partial charge on any atom is -0.491 e. The van der Waals surface area contributed by atoms with Gasteiger partial charge in [0, 0.05) is 23.0 Å². The summed E-state index contributed by atoms with van der Waals surface area (Å²) in [7, 11) is 0. The van der Waals surface area contributed by atoms with Crippen molar-refractivity contribution < 1.29 is 9.53 Å². The number of ether oxygens (including phenoxy) is 1. The Hall–Kier alpha value is -2.16. The van der Waals surface area contributed by atoms with E-state index in [1.807, 2.05) is 32.9 Å². The monoisotopic (exact) mass is 255 g/mol. The van der Waals surface area contributed by atoms with Crippen LogP contribution in [0.3, 0.4) is 0 Å². The highest BCUT2D eigenvalue weighted by Gasteiger charge is 2.12. The van der Waals surface area contributed by atoms with Crippen LogP contribution in [0.25, 0.3) is 0 Å². The molecule has 19 heavy (non-hydrogen) atoms. The molecule has 1 heterocycles. The smallest absolute Gasteiger partial charge is 0.194 e. The molecule has 0 amide bonds. The number of pyridine rings is 1. The molecule has 0 N–H and O–H groups in total. The number of nitrogens with zero attached hydrogens (tertiary/aromatic N) is 1. The Morgan fingerprint density at radius 2 is 2.00 bits per heavy atom. The normalized spacial score (nSPS) is 10.5. The molecule has 98 valence electrons. The molecule has 0 unspecified atom stereocenters. The molecule has 0 spiro atoms. The van der Waals surface area contributed by atoms with E-state index in [0.29, 0.717) is 16.9 Å². The molecule has 3 nitrogen and oxygen atoms in total. The van der Waals surface area contributed by atoms with E-state index in [-0.39, 0.29) is 11.9 Å². The topological polar surface area (TPSA) is 39.2 Å². The number of ketones is 1. The Balaban J connectivity index is 2.32. The third-order valence-electron chi connectivity index (χ3n) is 2.72. The molecule has 0 aliphatic rings. The zero-order valence-corrected chi connectivity index (χ0v) is 11.4. The predicted octanol–water partition coefficient (Wildman–Crippen LogP) is 3.41. The van der Waals surface area contributed by atoms with Crippen LogP contribution in [0.2, 0.25) is 0 Å². The maximum Gasteiger partial charge on any atom is 0.194 e. The molecule has 0 saturated carbocycles. The Morgan fingerprint density at radius 1 is 1.21 bits per heavy atom. The maximum atomic E-state index is 12.4. The number of hydrogen-bond acceptors (Lipinski definition) is 3. The van der Waals surface area contributed by atoms with Crippen LogP contribution in [0.5, 0.6) is 5.75 Å². The Morgan fingerprint density at radius 3 is 2.68 bits per heavy atom. The number of carbonyl (C=O) groups excluding carboxylic acids is 1. The standard InChI is InChI=1S/C16H17NO2/c1-11(2)19-14-7-4-6-13(10-14)16(18)15-8-5-9-17-12(15)3/h4-11H,1-3H3. The lowest BCUT2D eigenvalue weighted by molar-refractivity contribution is 0.103. The van der Waals surface area contributed by atoms with Gasteiger partial charge in [-0.1, -0.05) is 12.1 Å². The number of aromatic nitrogens is 1. The fraction of sp³-hybridized carbons (Fsp3) is 0.250. The van der Waals surface area contributed by atoms with Gasteiger partial charge in [-0.3, -0.25) is 9.78 Å². The van der Waals surface area contributed by atoms with Gasteiger partial charge in [0.15, 0.2) is 5.78 Å². The maximum absolute atomic E-state index is 12.4. The third kappa shape index (κ3) is 3.19. The van der Waals surface area contributed by atoms with Gasteiger partial charge in [-0.25, -0.2) is 0 Å². The van der Waals surface area contributed by atoms with Gasteiger partial charge in [0.05, 0.1) is 6.10 Å². The highest BCUT2D eigenvalue weighted by atomic mass is 16.5. The average molecular weight is 255 g/mol. The number of rotatable bonds is 4. The molecule has 2 aromatic rings. The van der Waals surface area contributed by atoms with Crippen molar-refractivity contribution in [2.45, 2.75) is 26.9 Å². The van der Waals surface area contributed by atoms with E-state index >= 15 is 0 Å². The van der Waals surface area contributed by atoms with E-state index in [1.165, 1.54) is 0 Å². The third-order valence-corrected chi connectivity index (χ3v) is 2.72. The van der Waals surface area contributed by atoms with Crippen LogP contribution in [0, 0.1) is 6.92 Å². The van der Waals surface area contributed by atoms with Gasteiger partial charge in [0.2, 0.25) is 0 Å². The number of carbonyl (C=O) groups is 1. The fourth-order valence-corrected chi connectivity index (χ4v) is 1.86. The van der Waals surface area contributed by atoms with Crippen LogP contribution in [0.1, 0.15) is 35.5 Å². The lowest BCUT2D eigenvalue weighted by Gasteiger charge is -2.11. The van der Waals surface area contributed by atoms with E-state index < -0.39 is 0 Å². The number of aryl methyl sites for hydroxylation is 1. The Kier molecular flexibility index (Phi) is 3.95. The molecule has 0 radical (unpaired) electrons. The van der Waals surface area contributed by atoms with Crippen LogP contribution in [-0.4, -0.2) is 16.9 Å². The summed E-state index contributed by atoms with van der Waals surface area (Å²) >= 11 is 0. The molecule has 2 rings (SSSR count). The molecule has 1 aromatic heterocycles. The van der Waals surface area contributed by atoms with Crippen molar-refractivity contribution in [1.29, 1.82) is 0 Å². The van der Waals surface area contributed by atoms with E-state index in [4.69, 9.17) is 4.74 Å². The van der Waals surface area contributed by atoms with Gasteiger partial charge < -0.3 is 4.74 Å². The first-order valence-electron chi connectivity index (χ1n) is 6.31. The SMILES string of the molecule is Cc1ncccc1C(=O)c1cccc(OC(C)C)c1. The molecule has 0 atom stereocenters. The van der Waals surface area contributed by atoms with Crippen molar-refractivity contribution in [2.24, 2.45) is 0 Å². The van der Waals surface area contributed by atoms with Crippen LogP contribution in [0.4, 0.5) is 0 Å². The first-order chi connectivity index (χ1) is 9.08. The summed E-state index contributed by atoms with van der Waals surface area (Å²) in [4.78, 5) is 16.6. The summed E-state index contributed by atoms with van der Waals surface area (Å²) in [6.07, 6.45) is 1.77. The van der Waals surface area contributed by atoms with Crippen molar-refractivity contribution in [3.63, 3.8) is 0 Å². The predicted molar refractivity (Wildman–Crippen MR) is 74.6 cm³/mol. The summed E-state index contributed by atoms with van der Waals surface area (Å²) in [5.74, 6) is 0.683. The van der Waals surface area contributed by atoms with Gasteiger partial charge in [-0.2, -0.15) is 0 Å². The molecule has 0 saturated heterocycles. The quantitative estimate of drug-likeness (QED) is 0.786. The van der Waals surface area contributed by atoms with Crippen molar-refractivity contribution in [3.05, 3.63) is 59.4 Å². The lowest BCUT2D eigenvalue weighted by Crippen LogP contribution is -2.08. The molecule has 0 aliphatic heterocycles. The highest BCUT2D eigenvalue weighted by molar-refractivity contribution is 6.09. The second-order valence-electron chi connectivity index (χ2n) is 4.66. The first-order valence-corrected chi connectivity index (χ1v) is 6.31. The van der Waals surface area contributed by atoms with E-state index in [2.05, 4.69) is 4.98 Å². The second-order valence-corrected chi connectivity index (χ2v) is 4.66. The molecule has 0 bridgehead atoms. The molecule has 0 aliphatic carbocycles. The van der Waals surface area contributed by atoms with Crippen molar-refractivity contribution >= 4 is 5.78 Å². The van der Waals surface area contributed by atoms with Gasteiger partial charge in [0.1, 0.15) is 5.75 Å². The summed E-state index contributed by atoms with van der Waals surface area (Å²) in [6, 6.07) is 10.8. The minimum absolute atomic E-state index is 0.0280. The summed E-state index contributed by atoms with van der Waals surface area (Å²) in [6.45, 7) is 5.75. The van der Waals surface area contributed by atoms with Crippen molar-refractivity contribution in [2.75, 3.05) is 0 Å². The first kappa shape index (κ1) is 13.3. The van der Waals surface area contributed by atoms with E-state index in [1.54, 1.807) is 30.5 Å². The largest absolute Gasteiger partial charge is 0.491 e. The zero-order valence-electron chi connectivity index (χ0n) is 11.4. The van der Waals surface area contributed by atoms with Crippen LogP contribution in [-0.2, 0) is 0 Å². The summed E-state index contributed by atoms with van der Waals surface area (Å²) in [5, 5.41) is 0. The van der Waals surface area contributed by atoms with Crippen LogP contribution < -0.4 is 4.74 Å². The Bertz CT molecular complexity index is 591. The average Bonchev–Trinajstić information content (AvgIpc) is 2.38. The fourth-order valence-electron chi connectivity index (χ4n) is 1.86. The minimum atomic E-state index is -0.0280. The van der Waals surface area contributed by atoms with E-state index in [9.17, 15) is 4.79 Å². The van der Waals surface area contributed by atoms with Gasteiger partial charge >= 0.3 is 0 Å². The lowest BCUT2D eigenvalue weighted by atomic mass is 10.0. The Labute approximate surface area is 113 Å². The van der Waals surface area contributed by atoms with E-state index in [0.717, 1.165) is 5.69 Å². The summed E-state index contributed by atoms with van der Waals surface area (Å²) < 4.78 is 5.60. The molecule has 1 aromatic carbocycles. The number of benzene rings is 1. The summed E-state index contributed by atoms with van der Waals surface area (Å²) in [5.41, 5.74) is 1.99. The van der Waals surface area contributed by atoms with Crippen molar-refractivity contribution in [3.8, 4) is 5.75 Å². The van der Waals surface area contributed by atoms with Gasteiger partial charge in [0.25, 0.3) is 0 Å². The number of hydrogen-bond donors (Lipinski definition) is 0. The van der Waals surface area contributed by atoms with Gasteiger partial charge in [-0.15, -0.1) is 0 Å². The van der Waals surface area contributed by atoms with Gasteiger partial charge in [-0.05, 0) is 45.0 Å². The van der Waals surface area contributed by atoms with Crippen LogP contribution in [0.15, 0.2) is 42.6 Å². The van der Waals surface area contributed by atoms with Crippen molar-refractivity contribution in [1.82, 2.24) is 4.98 Å². The highest BCUT2D eigenvalue weighted by Crippen LogP contribution is 2.18. The zero-order chi connectivity index (χ0) is 13.8. The molecular weight excluding hydrogens is 238 g/mol. The molecule has 3 heteroatoms. The molecular formula is C16H17NO2.